The van der Waals surface area contributed by atoms with Crippen molar-refractivity contribution in [2.24, 2.45) is 4.52 Å². The molecule has 9 nitrogen and oxygen atoms in total. The van der Waals surface area contributed by atoms with Crippen LogP contribution in [0.5, 0.6) is 17.2 Å². The van der Waals surface area contributed by atoms with Crippen molar-refractivity contribution in [3.63, 3.8) is 0 Å². The average Bonchev–Trinajstić information content (AvgIpc) is 2.81. The minimum absolute atomic E-state index is 0.170. The van der Waals surface area contributed by atoms with Gasteiger partial charge in [-0.1, -0.05) is 54.0 Å². The maximum Gasteiger partial charge on any atom is 0.425 e. The Morgan fingerprint density at radius 2 is 1.14 bits per heavy atom. The highest BCUT2D eigenvalue weighted by molar-refractivity contribution is 7.94. The molecule has 1 aliphatic rings. The molecule has 0 saturated carbocycles. The molecule has 18 heteroatoms. The van der Waals surface area contributed by atoms with E-state index >= 15 is 0 Å². The van der Waals surface area contributed by atoms with E-state index in [1.807, 2.05) is 0 Å². The smallest absolute Gasteiger partial charge is 0.425 e. The molecule has 1 heterocycles. The predicted octanol–water partition coefficient (Wildman–Crippen LogP) is 9.49. The Balaban J connectivity index is 1.85. The maximum atomic E-state index is 6.66. The monoisotopic (exact) mass is 666 g/mol. The van der Waals surface area contributed by atoms with Gasteiger partial charge in [-0.05, 0) is 78.2 Å². The van der Waals surface area contributed by atoms with Gasteiger partial charge in [0.1, 0.15) is 17.2 Å². The second-order valence-electron chi connectivity index (χ2n) is 6.90. The Hall–Kier alpha value is -0.790. The van der Waals surface area contributed by atoms with Gasteiger partial charge < -0.3 is 30.8 Å². The van der Waals surface area contributed by atoms with Crippen LogP contribution >= 0.6 is 93.3 Å². The molecule has 2 unspecified atom stereocenters. The van der Waals surface area contributed by atoms with Gasteiger partial charge in [0, 0.05) is 17.1 Å². The molecule has 192 valence electrons. The van der Waals surface area contributed by atoms with Crippen molar-refractivity contribution in [1.82, 2.24) is 7.92 Å². The van der Waals surface area contributed by atoms with E-state index in [4.69, 9.17) is 100 Å². The average molecular weight is 669 g/mol. The van der Waals surface area contributed by atoms with Gasteiger partial charge in [-0.15, -0.1) is 4.52 Å². The molecule has 0 spiro atoms. The molecule has 3 aromatic rings. The Morgan fingerprint density at radius 1 is 0.722 bits per heavy atom. The summed E-state index contributed by atoms with van der Waals surface area (Å²) < 4.78 is 25.3. The lowest BCUT2D eigenvalue weighted by atomic mass is 10.3. The number of anilines is 3. The molecule has 2 atom stereocenters. The zero-order valence-corrected chi connectivity index (χ0v) is 24.8. The first-order valence-corrected chi connectivity index (χ1v) is 16.2. The largest absolute Gasteiger partial charge is 0.437 e. The molecule has 0 saturated heterocycles. The van der Waals surface area contributed by atoms with Gasteiger partial charge in [0.05, 0.1) is 15.1 Å². The number of nitrogen functional groups attached to an aromatic ring is 3. The number of nitrogens with zero attached hydrogens (tertiary/aromatic N) is 3. The molecule has 4 rings (SSSR count). The quantitative estimate of drug-likeness (QED) is 0.135. The van der Waals surface area contributed by atoms with Gasteiger partial charge in [-0.25, -0.2) is 0 Å². The van der Waals surface area contributed by atoms with Crippen LogP contribution in [0.25, 0.3) is 0 Å². The molecule has 0 amide bonds. The van der Waals surface area contributed by atoms with Crippen molar-refractivity contribution in [2.45, 2.75) is 0 Å². The first-order valence-electron chi connectivity index (χ1n) is 9.51. The topological polar surface area (TPSA) is 125 Å². The van der Waals surface area contributed by atoms with Crippen LogP contribution < -0.4 is 30.8 Å². The first-order chi connectivity index (χ1) is 17.0. The van der Waals surface area contributed by atoms with Gasteiger partial charge in [0.15, 0.2) is 7.58 Å². The Labute approximate surface area is 239 Å². The first kappa shape index (κ1) is 28.2. The van der Waals surface area contributed by atoms with E-state index in [9.17, 15) is 0 Å². The highest BCUT2D eigenvalue weighted by Gasteiger charge is 2.51. The SMILES string of the molecule is Nc1ccc(OP2N=P(Oc3ccc(N)cc3Cl)(Oc3ccc(N)cc3Cl)N(Cl)P(Cl)N2Cl)c(Cl)c1. The summed E-state index contributed by atoms with van der Waals surface area (Å²) in [6.45, 7) is 0. The van der Waals surface area contributed by atoms with Gasteiger partial charge in [-0.2, -0.15) is 0 Å². The summed E-state index contributed by atoms with van der Waals surface area (Å²) in [6.07, 6.45) is 0. The molecule has 0 bridgehead atoms. The summed E-state index contributed by atoms with van der Waals surface area (Å²) in [6, 6.07) is 13.9. The lowest BCUT2D eigenvalue weighted by Gasteiger charge is -2.39. The third-order valence-corrected chi connectivity index (χ3v) is 15.1. The normalized spacial score (nSPS) is 19.9. The summed E-state index contributed by atoms with van der Waals surface area (Å²) in [5.74, 6) is 0.594. The van der Waals surface area contributed by atoms with E-state index in [0.29, 0.717) is 17.1 Å². The predicted molar refractivity (Wildman–Crippen MR) is 154 cm³/mol. The van der Waals surface area contributed by atoms with Crippen LogP contribution in [0.15, 0.2) is 59.1 Å². The summed E-state index contributed by atoms with van der Waals surface area (Å²) in [5.41, 5.74) is 18.7. The van der Waals surface area contributed by atoms with Crippen molar-refractivity contribution in [3.05, 3.63) is 69.7 Å². The van der Waals surface area contributed by atoms with Crippen LogP contribution in [-0.2, 0) is 0 Å². The van der Waals surface area contributed by atoms with Gasteiger partial charge >= 0.3 is 16.1 Å². The number of nitrogens with two attached hydrogens (primary N) is 3. The molecule has 0 aromatic heterocycles. The van der Waals surface area contributed by atoms with Crippen LogP contribution in [0.3, 0.4) is 0 Å². The van der Waals surface area contributed by atoms with E-state index in [0.717, 1.165) is 7.92 Å². The summed E-state index contributed by atoms with van der Waals surface area (Å²) in [7, 11) is -7.82. The number of benzene rings is 3. The summed E-state index contributed by atoms with van der Waals surface area (Å²) >= 11 is 38.8. The van der Waals surface area contributed by atoms with Crippen LogP contribution in [0.4, 0.5) is 17.1 Å². The second kappa shape index (κ2) is 11.5. The third kappa shape index (κ3) is 6.09. The second-order valence-corrected chi connectivity index (χ2v) is 16.1. The van der Waals surface area contributed by atoms with Crippen LogP contribution in [0.2, 0.25) is 15.1 Å². The Bertz CT molecular complexity index is 1300. The highest BCUT2D eigenvalue weighted by Crippen LogP contribution is 2.81. The number of hydrogen-bond donors (Lipinski definition) is 3. The standard InChI is InChI=1S/C18H15Cl6N6O3P3/c19-13-7-10(25)1-4-16(13)31-35-28-36(30(23)34(24)29(35)22,32-17-5-2-11(26)8-14(17)20)33-18-6-3-12(27)9-15(18)21/h1-9H,25-27H2. The van der Waals surface area contributed by atoms with E-state index in [1.54, 1.807) is 24.3 Å². The Morgan fingerprint density at radius 3 is 1.56 bits per heavy atom. The van der Waals surface area contributed by atoms with Crippen LogP contribution in [0, 0.1) is 0 Å². The molecule has 6 N–H and O–H groups in total. The fraction of sp³-hybridized carbons (Fsp3) is 0. The molecular weight excluding hydrogens is 654 g/mol. The molecule has 3 aromatic carbocycles. The lowest BCUT2D eigenvalue weighted by Crippen LogP contribution is -2.21. The molecule has 0 aliphatic carbocycles. The zero-order chi connectivity index (χ0) is 26.2. The molecule has 36 heavy (non-hydrogen) atoms. The van der Waals surface area contributed by atoms with E-state index in [-0.39, 0.29) is 32.3 Å². The lowest BCUT2D eigenvalue weighted by molar-refractivity contribution is 0.450. The van der Waals surface area contributed by atoms with Gasteiger partial charge in [0.25, 0.3) is 0 Å². The molecule has 0 radical (unpaired) electrons. The molecule has 1 aliphatic heterocycles. The number of halogens is 6. The van der Waals surface area contributed by atoms with E-state index in [1.165, 1.54) is 30.3 Å². The van der Waals surface area contributed by atoms with Crippen LogP contribution in [-0.4, -0.2) is 7.92 Å². The minimum Gasteiger partial charge on any atom is -0.437 e. The van der Waals surface area contributed by atoms with E-state index < -0.39 is 23.7 Å². The molecule has 0 fully saturated rings. The van der Waals surface area contributed by atoms with Crippen molar-refractivity contribution in [2.75, 3.05) is 17.2 Å². The Kier molecular flexibility index (Phi) is 9.04. The third-order valence-electron chi connectivity index (χ3n) is 4.29. The summed E-state index contributed by atoms with van der Waals surface area (Å²) in [4.78, 5) is 0. The van der Waals surface area contributed by atoms with E-state index in [2.05, 4.69) is 4.52 Å². The maximum absolute atomic E-state index is 6.66. The van der Waals surface area contributed by atoms with Gasteiger partial charge in [-0.3, -0.25) is 0 Å². The van der Waals surface area contributed by atoms with Crippen LogP contribution in [0.1, 0.15) is 0 Å². The highest BCUT2D eigenvalue weighted by atomic mass is 35.7. The van der Waals surface area contributed by atoms with Crippen molar-refractivity contribution >= 4 is 110 Å². The zero-order valence-electron chi connectivity index (χ0n) is 17.6. The fourth-order valence-electron chi connectivity index (χ4n) is 2.67. The van der Waals surface area contributed by atoms with Crippen molar-refractivity contribution in [1.29, 1.82) is 0 Å². The summed E-state index contributed by atoms with van der Waals surface area (Å²) in [5, 5.41) is 0.597. The van der Waals surface area contributed by atoms with Crippen molar-refractivity contribution < 1.29 is 13.6 Å². The molecular formula is C18H15Cl6N6O3P3. The number of hydrogen-bond acceptors (Lipinski definition) is 9. The minimum atomic E-state index is -3.74. The van der Waals surface area contributed by atoms with Crippen molar-refractivity contribution in [3.8, 4) is 17.2 Å². The fourth-order valence-corrected chi connectivity index (χ4v) is 12.6. The number of rotatable bonds is 6. The van der Waals surface area contributed by atoms with Gasteiger partial charge in [0.2, 0.25) is 0 Å².